The maximum atomic E-state index is 12.5. The van der Waals surface area contributed by atoms with Crippen molar-refractivity contribution in [2.24, 2.45) is 0 Å². The molecule has 112 valence electrons. The van der Waals surface area contributed by atoms with E-state index in [1.54, 1.807) is 31.2 Å². The average molecular weight is 410 g/mol. The standard InChI is InChI=1S/C13H11BrCl2N2O2S/c1-7-11(17)3-2-4-12(7)21(19,20)18-13-9(15)5-8(14)6-10(13)16/h2-6,18H,17H2,1H3. The van der Waals surface area contributed by atoms with E-state index in [0.29, 0.717) is 15.7 Å². The Bertz CT molecular complexity index is 787. The summed E-state index contributed by atoms with van der Waals surface area (Å²) in [5.41, 5.74) is 6.73. The van der Waals surface area contributed by atoms with Crippen LogP contribution < -0.4 is 10.5 Å². The van der Waals surface area contributed by atoms with Gasteiger partial charge in [-0.3, -0.25) is 4.72 Å². The molecule has 0 bridgehead atoms. The molecular formula is C13H11BrCl2N2O2S. The molecule has 0 fully saturated rings. The minimum Gasteiger partial charge on any atom is -0.398 e. The number of nitrogen functional groups attached to an aromatic ring is 1. The third kappa shape index (κ3) is 3.45. The van der Waals surface area contributed by atoms with Gasteiger partial charge in [-0.15, -0.1) is 0 Å². The lowest BCUT2D eigenvalue weighted by Crippen LogP contribution is -2.15. The van der Waals surface area contributed by atoms with Crippen LogP contribution >= 0.6 is 39.1 Å². The number of hydrogen-bond acceptors (Lipinski definition) is 3. The molecule has 3 N–H and O–H groups in total. The van der Waals surface area contributed by atoms with E-state index < -0.39 is 10.0 Å². The lowest BCUT2D eigenvalue weighted by atomic mass is 10.2. The zero-order valence-electron chi connectivity index (χ0n) is 10.8. The number of sulfonamides is 1. The fourth-order valence-corrected chi connectivity index (χ4v) is 4.54. The summed E-state index contributed by atoms with van der Waals surface area (Å²) in [7, 11) is -3.84. The number of nitrogens with two attached hydrogens (primary N) is 1. The zero-order chi connectivity index (χ0) is 15.8. The van der Waals surface area contributed by atoms with Gasteiger partial charge in [-0.1, -0.05) is 45.2 Å². The van der Waals surface area contributed by atoms with Crippen molar-refractivity contribution in [1.82, 2.24) is 0 Å². The Hall–Kier alpha value is -0.950. The molecule has 0 saturated heterocycles. The van der Waals surface area contributed by atoms with E-state index >= 15 is 0 Å². The van der Waals surface area contributed by atoms with Crippen LogP contribution in [-0.4, -0.2) is 8.42 Å². The van der Waals surface area contributed by atoms with E-state index in [1.807, 2.05) is 0 Å². The highest BCUT2D eigenvalue weighted by atomic mass is 79.9. The first kappa shape index (κ1) is 16.4. The van der Waals surface area contributed by atoms with Gasteiger partial charge in [0.2, 0.25) is 0 Å². The summed E-state index contributed by atoms with van der Waals surface area (Å²) in [5, 5.41) is 0.388. The predicted molar refractivity (Wildman–Crippen MR) is 90.6 cm³/mol. The third-order valence-corrected chi connectivity index (χ3v) is 5.41. The summed E-state index contributed by atoms with van der Waals surface area (Å²) in [6.07, 6.45) is 0. The normalized spacial score (nSPS) is 11.4. The fraction of sp³-hybridized carbons (Fsp3) is 0.0769. The SMILES string of the molecule is Cc1c(N)cccc1S(=O)(=O)Nc1c(Cl)cc(Br)cc1Cl. The van der Waals surface area contributed by atoms with Gasteiger partial charge >= 0.3 is 0 Å². The molecule has 0 saturated carbocycles. The van der Waals surface area contributed by atoms with Crippen LogP contribution in [-0.2, 0) is 10.0 Å². The molecule has 0 amide bonds. The first-order chi connectivity index (χ1) is 9.72. The van der Waals surface area contributed by atoms with Crippen LogP contribution in [0.5, 0.6) is 0 Å². The van der Waals surface area contributed by atoms with E-state index in [-0.39, 0.29) is 20.6 Å². The highest BCUT2D eigenvalue weighted by molar-refractivity contribution is 9.10. The Morgan fingerprint density at radius 2 is 1.76 bits per heavy atom. The smallest absolute Gasteiger partial charge is 0.262 e. The van der Waals surface area contributed by atoms with Crippen molar-refractivity contribution < 1.29 is 8.42 Å². The fourth-order valence-electron chi connectivity index (χ4n) is 1.75. The lowest BCUT2D eigenvalue weighted by molar-refractivity contribution is 0.600. The van der Waals surface area contributed by atoms with Gasteiger partial charge in [-0.25, -0.2) is 8.42 Å². The maximum absolute atomic E-state index is 12.5. The Kier molecular flexibility index (Phi) is 4.72. The Labute approximate surface area is 141 Å². The van der Waals surface area contributed by atoms with E-state index in [9.17, 15) is 8.42 Å². The number of hydrogen-bond donors (Lipinski definition) is 2. The molecule has 0 spiro atoms. The summed E-state index contributed by atoms with van der Waals surface area (Å²) in [4.78, 5) is 0.0811. The van der Waals surface area contributed by atoms with Crippen LogP contribution in [0.15, 0.2) is 39.7 Å². The van der Waals surface area contributed by atoms with Crippen molar-refractivity contribution in [2.75, 3.05) is 10.5 Å². The zero-order valence-corrected chi connectivity index (χ0v) is 14.7. The van der Waals surface area contributed by atoms with Gasteiger partial charge in [-0.2, -0.15) is 0 Å². The van der Waals surface area contributed by atoms with Crippen LogP contribution in [0.25, 0.3) is 0 Å². The molecular weight excluding hydrogens is 399 g/mol. The highest BCUT2D eigenvalue weighted by Crippen LogP contribution is 2.35. The number of nitrogens with one attached hydrogen (secondary N) is 1. The Balaban J connectivity index is 2.50. The summed E-state index contributed by atoms with van der Waals surface area (Å²) >= 11 is 15.3. The van der Waals surface area contributed by atoms with E-state index in [4.69, 9.17) is 28.9 Å². The molecule has 0 unspecified atom stereocenters. The molecule has 2 rings (SSSR count). The van der Waals surface area contributed by atoms with Crippen LogP contribution in [0.3, 0.4) is 0 Å². The van der Waals surface area contributed by atoms with Gasteiger partial charge in [0.05, 0.1) is 20.6 Å². The highest BCUT2D eigenvalue weighted by Gasteiger charge is 2.21. The summed E-state index contributed by atoms with van der Waals surface area (Å²) in [6, 6.07) is 7.78. The molecule has 2 aromatic rings. The number of halogens is 3. The van der Waals surface area contributed by atoms with Gasteiger partial charge in [0.15, 0.2) is 0 Å². The topological polar surface area (TPSA) is 72.2 Å². The van der Waals surface area contributed by atoms with Gasteiger partial charge < -0.3 is 5.73 Å². The van der Waals surface area contributed by atoms with Gasteiger partial charge in [0, 0.05) is 10.2 Å². The molecule has 8 heteroatoms. The molecule has 0 heterocycles. The summed E-state index contributed by atoms with van der Waals surface area (Å²) in [5.74, 6) is 0. The molecule has 0 aromatic heterocycles. The molecule has 21 heavy (non-hydrogen) atoms. The average Bonchev–Trinajstić information content (AvgIpc) is 2.37. The molecule has 2 aromatic carbocycles. The largest absolute Gasteiger partial charge is 0.398 e. The van der Waals surface area contributed by atoms with Crippen molar-refractivity contribution in [3.8, 4) is 0 Å². The lowest BCUT2D eigenvalue weighted by Gasteiger charge is -2.14. The second-order valence-electron chi connectivity index (χ2n) is 4.32. The quantitative estimate of drug-likeness (QED) is 0.735. The van der Waals surface area contributed by atoms with E-state index in [2.05, 4.69) is 20.7 Å². The molecule has 0 atom stereocenters. The van der Waals surface area contributed by atoms with Gasteiger partial charge in [0.1, 0.15) is 0 Å². The van der Waals surface area contributed by atoms with Crippen LogP contribution in [0.4, 0.5) is 11.4 Å². The third-order valence-electron chi connectivity index (χ3n) is 2.86. The van der Waals surface area contributed by atoms with Crippen molar-refractivity contribution in [3.63, 3.8) is 0 Å². The van der Waals surface area contributed by atoms with Crippen molar-refractivity contribution >= 4 is 60.5 Å². The number of benzene rings is 2. The van der Waals surface area contributed by atoms with Crippen LogP contribution in [0, 0.1) is 6.92 Å². The maximum Gasteiger partial charge on any atom is 0.262 e. The minimum atomic E-state index is -3.84. The molecule has 4 nitrogen and oxygen atoms in total. The van der Waals surface area contributed by atoms with Gasteiger partial charge in [-0.05, 0) is 36.8 Å². The Morgan fingerprint density at radius 1 is 1.19 bits per heavy atom. The van der Waals surface area contributed by atoms with Crippen molar-refractivity contribution in [2.45, 2.75) is 11.8 Å². The molecule has 0 aliphatic carbocycles. The van der Waals surface area contributed by atoms with E-state index in [0.717, 1.165) is 0 Å². The minimum absolute atomic E-state index is 0.0811. The van der Waals surface area contributed by atoms with Crippen molar-refractivity contribution in [1.29, 1.82) is 0 Å². The predicted octanol–water partition coefficient (Wildman–Crippen LogP) is 4.45. The molecule has 0 aliphatic rings. The molecule has 0 radical (unpaired) electrons. The van der Waals surface area contributed by atoms with Crippen LogP contribution in [0.2, 0.25) is 10.0 Å². The summed E-state index contributed by atoms with van der Waals surface area (Å²) < 4.78 is 28.0. The second kappa shape index (κ2) is 6.04. The first-order valence-electron chi connectivity index (χ1n) is 5.75. The summed E-state index contributed by atoms with van der Waals surface area (Å²) in [6.45, 7) is 1.63. The monoisotopic (exact) mass is 408 g/mol. The number of rotatable bonds is 3. The van der Waals surface area contributed by atoms with Crippen LogP contribution in [0.1, 0.15) is 5.56 Å². The number of anilines is 2. The van der Waals surface area contributed by atoms with Crippen molar-refractivity contribution in [3.05, 3.63) is 50.4 Å². The van der Waals surface area contributed by atoms with E-state index in [1.165, 1.54) is 6.07 Å². The first-order valence-corrected chi connectivity index (χ1v) is 8.78. The Morgan fingerprint density at radius 3 is 2.33 bits per heavy atom. The second-order valence-corrected chi connectivity index (χ2v) is 7.70. The van der Waals surface area contributed by atoms with Gasteiger partial charge in [0.25, 0.3) is 10.0 Å². The molecule has 0 aliphatic heterocycles.